The van der Waals surface area contributed by atoms with Crippen molar-refractivity contribution < 1.29 is 31.9 Å². The van der Waals surface area contributed by atoms with Gasteiger partial charge in [0.05, 0.1) is 12.0 Å². The van der Waals surface area contributed by atoms with E-state index in [1.54, 1.807) is 24.3 Å². The molecule has 4 saturated carbocycles. The van der Waals surface area contributed by atoms with Crippen LogP contribution < -0.4 is 10.1 Å². The van der Waals surface area contributed by atoms with Crippen molar-refractivity contribution in [3.8, 4) is 5.75 Å². The van der Waals surface area contributed by atoms with Crippen LogP contribution in [0.1, 0.15) is 49.8 Å². The highest BCUT2D eigenvalue weighted by Crippen LogP contribution is 2.67. The van der Waals surface area contributed by atoms with Gasteiger partial charge in [0.2, 0.25) is 11.8 Å². The van der Waals surface area contributed by atoms with Crippen LogP contribution in [0.15, 0.2) is 28.7 Å². The zero-order valence-electron chi connectivity index (χ0n) is 17.0. The molecule has 32 heavy (non-hydrogen) atoms. The first-order valence-electron chi connectivity index (χ1n) is 10.4. The lowest BCUT2D eigenvalue weighted by atomic mass is 9.39. The number of benzene rings is 1. The molecule has 1 N–H and O–H groups in total. The Morgan fingerprint density at radius 3 is 2.53 bits per heavy atom. The van der Waals surface area contributed by atoms with E-state index in [-0.39, 0.29) is 41.9 Å². The Bertz CT molecular complexity index is 985. The van der Waals surface area contributed by atoms with Crippen molar-refractivity contribution in [1.82, 2.24) is 15.5 Å². The zero-order chi connectivity index (χ0) is 22.6. The standard InChI is InChI=1S/C21H21ClF3N3O4/c22-14-1-3-15(4-2-14)30-8-16(29)26-20-9-19(10-20,11-20)18-28-27-17(32-18)13-5-12(6-13)7-31-21(23,24)25/h1-4,12-13H,5-11H2,(H,26,29). The molecule has 0 aliphatic heterocycles. The summed E-state index contributed by atoms with van der Waals surface area (Å²) >= 11 is 5.83. The number of hydrogen-bond donors (Lipinski definition) is 1. The molecule has 11 heteroatoms. The normalized spacial score (nSPS) is 30.6. The summed E-state index contributed by atoms with van der Waals surface area (Å²) in [6.45, 7) is -0.420. The van der Waals surface area contributed by atoms with Crippen LogP contribution in [0.3, 0.4) is 0 Å². The van der Waals surface area contributed by atoms with Crippen LogP contribution in [0.4, 0.5) is 13.2 Å². The molecule has 172 valence electrons. The van der Waals surface area contributed by atoms with Crippen LogP contribution in [-0.2, 0) is 14.9 Å². The third kappa shape index (κ3) is 4.17. The van der Waals surface area contributed by atoms with Gasteiger partial charge in [-0.25, -0.2) is 0 Å². The van der Waals surface area contributed by atoms with E-state index in [0.717, 1.165) is 19.3 Å². The van der Waals surface area contributed by atoms with E-state index in [1.165, 1.54) is 0 Å². The lowest BCUT2D eigenvalue weighted by Crippen LogP contribution is -2.77. The van der Waals surface area contributed by atoms with Gasteiger partial charge in [-0.2, -0.15) is 0 Å². The molecule has 1 aromatic carbocycles. The second-order valence-electron chi connectivity index (χ2n) is 9.12. The monoisotopic (exact) mass is 471 g/mol. The quantitative estimate of drug-likeness (QED) is 0.623. The number of carbonyl (C=O) groups excluding carboxylic acids is 1. The van der Waals surface area contributed by atoms with E-state index in [1.807, 2.05) is 0 Å². The minimum Gasteiger partial charge on any atom is -0.484 e. The van der Waals surface area contributed by atoms with E-state index in [9.17, 15) is 18.0 Å². The average Bonchev–Trinajstić information content (AvgIpc) is 3.10. The number of amides is 1. The molecule has 0 spiro atoms. The van der Waals surface area contributed by atoms with E-state index < -0.39 is 6.36 Å². The third-order valence-electron chi connectivity index (χ3n) is 6.58. The first-order valence-corrected chi connectivity index (χ1v) is 10.8. The Labute approximate surface area is 186 Å². The Morgan fingerprint density at radius 1 is 1.19 bits per heavy atom. The van der Waals surface area contributed by atoms with Crippen molar-refractivity contribution >= 4 is 17.5 Å². The van der Waals surface area contributed by atoms with Crippen molar-refractivity contribution in [2.45, 2.75) is 55.3 Å². The maximum Gasteiger partial charge on any atom is 0.522 e. The fourth-order valence-electron chi connectivity index (χ4n) is 5.06. The average molecular weight is 472 g/mol. The van der Waals surface area contributed by atoms with Gasteiger partial charge >= 0.3 is 6.36 Å². The molecular formula is C21H21ClF3N3O4. The number of halogens is 4. The van der Waals surface area contributed by atoms with Crippen LogP contribution in [0.5, 0.6) is 5.75 Å². The number of ether oxygens (including phenoxy) is 2. The summed E-state index contributed by atoms with van der Waals surface area (Å²) < 4.78 is 51.6. The van der Waals surface area contributed by atoms with Gasteiger partial charge in [0.25, 0.3) is 5.91 Å². The molecule has 1 amide bonds. The van der Waals surface area contributed by atoms with E-state index >= 15 is 0 Å². The highest BCUT2D eigenvalue weighted by molar-refractivity contribution is 6.30. The number of nitrogens with one attached hydrogen (secondary N) is 1. The molecule has 2 aromatic rings. The fourth-order valence-corrected chi connectivity index (χ4v) is 5.18. The number of nitrogens with zero attached hydrogens (tertiary/aromatic N) is 2. The van der Waals surface area contributed by atoms with Crippen LogP contribution in [-0.4, -0.2) is 41.2 Å². The van der Waals surface area contributed by atoms with E-state index in [2.05, 4.69) is 20.3 Å². The summed E-state index contributed by atoms with van der Waals surface area (Å²) in [5.74, 6) is 1.23. The molecule has 0 atom stereocenters. The molecule has 1 aromatic heterocycles. The predicted octanol–water partition coefficient (Wildman–Crippen LogP) is 4.12. The summed E-state index contributed by atoms with van der Waals surface area (Å²) in [6, 6.07) is 6.79. The first kappa shape index (κ1) is 21.5. The minimum atomic E-state index is -4.60. The van der Waals surface area contributed by atoms with E-state index in [4.69, 9.17) is 20.8 Å². The number of hydrogen-bond acceptors (Lipinski definition) is 6. The Balaban J connectivity index is 1.06. The maximum atomic E-state index is 12.2. The molecule has 6 rings (SSSR count). The minimum absolute atomic E-state index is 0.0240. The van der Waals surface area contributed by atoms with Gasteiger partial charge in [-0.05, 0) is 62.3 Å². The van der Waals surface area contributed by atoms with Crippen molar-refractivity contribution in [2.75, 3.05) is 13.2 Å². The lowest BCUT2D eigenvalue weighted by Gasteiger charge is -2.68. The third-order valence-corrected chi connectivity index (χ3v) is 6.83. The van der Waals surface area contributed by atoms with Crippen molar-refractivity contribution in [2.24, 2.45) is 5.92 Å². The number of aromatic nitrogens is 2. The Kier molecular flexibility index (Phi) is 5.12. The molecule has 4 fully saturated rings. The van der Waals surface area contributed by atoms with Crippen molar-refractivity contribution in [3.05, 3.63) is 41.1 Å². The Morgan fingerprint density at radius 2 is 1.88 bits per heavy atom. The van der Waals surface area contributed by atoms with Crippen LogP contribution >= 0.6 is 11.6 Å². The van der Waals surface area contributed by atoms with Gasteiger partial charge in [-0.3, -0.25) is 9.53 Å². The Hall–Kier alpha value is -2.33. The predicted molar refractivity (Wildman–Crippen MR) is 105 cm³/mol. The largest absolute Gasteiger partial charge is 0.522 e. The van der Waals surface area contributed by atoms with Gasteiger partial charge in [0.1, 0.15) is 5.75 Å². The highest BCUT2D eigenvalue weighted by atomic mass is 35.5. The molecule has 0 unspecified atom stereocenters. The number of rotatable bonds is 8. The summed E-state index contributed by atoms with van der Waals surface area (Å²) in [7, 11) is 0. The molecule has 1 heterocycles. The molecule has 0 radical (unpaired) electrons. The number of alkyl halides is 3. The molecule has 4 aliphatic carbocycles. The molecular weight excluding hydrogens is 451 g/mol. The molecule has 2 bridgehead atoms. The van der Waals surface area contributed by atoms with Crippen LogP contribution in [0.25, 0.3) is 0 Å². The zero-order valence-corrected chi connectivity index (χ0v) is 17.7. The van der Waals surface area contributed by atoms with Gasteiger partial charge in [0, 0.05) is 16.5 Å². The van der Waals surface area contributed by atoms with Crippen LogP contribution in [0.2, 0.25) is 5.02 Å². The van der Waals surface area contributed by atoms with Gasteiger partial charge in [-0.15, -0.1) is 23.4 Å². The lowest BCUT2D eigenvalue weighted by molar-refractivity contribution is -0.330. The van der Waals surface area contributed by atoms with Crippen LogP contribution in [0, 0.1) is 5.92 Å². The summed E-state index contributed by atoms with van der Waals surface area (Å²) in [5.41, 5.74) is -0.469. The summed E-state index contributed by atoms with van der Waals surface area (Å²) in [4.78, 5) is 12.2. The SMILES string of the molecule is O=C(COc1ccc(Cl)cc1)NC12CC(c3nnc(C4CC(COC(F)(F)F)C4)o3)(C1)C2. The summed E-state index contributed by atoms with van der Waals surface area (Å²) in [6.07, 6.45) is -1.35. The van der Waals surface area contributed by atoms with Crippen molar-refractivity contribution in [1.29, 1.82) is 0 Å². The second kappa shape index (κ2) is 7.62. The maximum absolute atomic E-state index is 12.2. The molecule has 4 aliphatic rings. The highest BCUT2D eigenvalue weighted by Gasteiger charge is 2.71. The number of carbonyl (C=O) groups is 1. The topological polar surface area (TPSA) is 86.5 Å². The summed E-state index contributed by atoms with van der Waals surface area (Å²) in [5, 5.41) is 11.9. The van der Waals surface area contributed by atoms with Gasteiger partial charge in [0.15, 0.2) is 6.61 Å². The molecule has 7 nitrogen and oxygen atoms in total. The van der Waals surface area contributed by atoms with Gasteiger partial charge < -0.3 is 14.5 Å². The smallest absolute Gasteiger partial charge is 0.484 e. The first-order chi connectivity index (χ1) is 15.1. The van der Waals surface area contributed by atoms with E-state index in [0.29, 0.717) is 35.4 Å². The fraction of sp³-hybridized carbons (Fsp3) is 0.571. The molecule has 0 saturated heterocycles. The van der Waals surface area contributed by atoms with Crippen molar-refractivity contribution in [3.63, 3.8) is 0 Å². The second-order valence-corrected chi connectivity index (χ2v) is 9.55. The van der Waals surface area contributed by atoms with Gasteiger partial charge in [-0.1, -0.05) is 11.6 Å².